The van der Waals surface area contributed by atoms with Crippen LogP contribution in [0.5, 0.6) is 5.75 Å². The fourth-order valence-electron chi connectivity index (χ4n) is 7.06. The number of likely N-dealkylation sites (N-methyl/N-ethyl adjacent to an activating group) is 1. The number of phenols is 1. The van der Waals surface area contributed by atoms with Crippen LogP contribution in [0.4, 0.5) is 0 Å². The zero-order valence-electron chi connectivity index (χ0n) is 22.6. The lowest BCUT2D eigenvalue weighted by Crippen LogP contribution is -2.66. The highest BCUT2D eigenvalue weighted by Gasteiger charge is 2.65. The van der Waals surface area contributed by atoms with Crippen molar-refractivity contribution in [1.82, 2.24) is 9.88 Å². The number of nitrogens with zero attached hydrogens (tertiary/aromatic N) is 2. The van der Waals surface area contributed by atoms with Crippen molar-refractivity contribution >= 4 is 34.1 Å². The summed E-state index contributed by atoms with van der Waals surface area (Å²) in [6.45, 7) is 1.94. The van der Waals surface area contributed by atoms with Gasteiger partial charge in [-0.2, -0.15) is 0 Å². The molecule has 1 heterocycles. The quantitative estimate of drug-likeness (QED) is 0.304. The van der Waals surface area contributed by atoms with E-state index in [1.165, 1.54) is 11.1 Å². The number of ketones is 2. The maximum Gasteiger partial charge on any atom is 0.255 e. The van der Waals surface area contributed by atoms with Crippen LogP contribution < -0.4 is 5.73 Å². The second kappa shape index (κ2) is 8.98. The first-order chi connectivity index (χ1) is 19.4. The monoisotopic (exact) mass is 555 g/mol. The predicted molar refractivity (Wildman–Crippen MR) is 149 cm³/mol. The van der Waals surface area contributed by atoms with Crippen molar-refractivity contribution in [3.63, 3.8) is 0 Å². The van der Waals surface area contributed by atoms with Crippen LogP contribution in [-0.4, -0.2) is 73.5 Å². The number of aliphatic hydroxyl groups is 3. The number of primary amides is 1. The molecule has 0 bridgehead atoms. The van der Waals surface area contributed by atoms with Crippen LogP contribution in [0.3, 0.4) is 0 Å². The summed E-state index contributed by atoms with van der Waals surface area (Å²) in [7, 11) is 3.14. The van der Waals surface area contributed by atoms with Gasteiger partial charge in [0.1, 0.15) is 22.6 Å². The van der Waals surface area contributed by atoms with E-state index in [1.807, 2.05) is 37.3 Å². The lowest BCUT2D eigenvalue weighted by molar-refractivity contribution is -0.154. The Balaban J connectivity index is 1.69. The molecule has 0 spiro atoms. The molecule has 0 aliphatic heterocycles. The molecule has 1 aromatic heterocycles. The molecule has 10 nitrogen and oxygen atoms in total. The minimum Gasteiger partial charge on any atom is -0.508 e. The van der Waals surface area contributed by atoms with E-state index < -0.39 is 64.0 Å². The van der Waals surface area contributed by atoms with Gasteiger partial charge in [-0.3, -0.25) is 24.3 Å². The Bertz CT molecular complexity index is 1740. The summed E-state index contributed by atoms with van der Waals surface area (Å²) in [5.74, 6) is -7.65. The molecular weight excluding hydrogens is 526 g/mol. The number of aromatic hydroxyl groups is 1. The zero-order valence-corrected chi connectivity index (χ0v) is 22.6. The van der Waals surface area contributed by atoms with E-state index in [-0.39, 0.29) is 28.8 Å². The molecule has 1 amide bonds. The smallest absolute Gasteiger partial charge is 0.255 e. The third-order valence-corrected chi connectivity index (χ3v) is 8.87. The summed E-state index contributed by atoms with van der Waals surface area (Å²) < 4.78 is 0. The first-order valence-corrected chi connectivity index (χ1v) is 13.2. The number of aryl methyl sites for hydroxylation is 1. The van der Waals surface area contributed by atoms with Gasteiger partial charge in [0.15, 0.2) is 17.1 Å². The number of Topliss-reactive ketones (excluding diaryl/α,β-unsaturated/α-hetero) is 2. The molecule has 0 radical (unpaired) electrons. The number of phenolic OH excluding ortho intramolecular Hbond substituents is 1. The van der Waals surface area contributed by atoms with Gasteiger partial charge in [-0.05, 0) is 50.7 Å². The Kier molecular flexibility index (Phi) is 5.84. The number of pyridine rings is 1. The van der Waals surface area contributed by atoms with E-state index in [4.69, 9.17) is 5.73 Å². The highest BCUT2D eigenvalue weighted by atomic mass is 16.3. The minimum atomic E-state index is -2.72. The topological polar surface area (TPSA) is 174 Å². The van der Waals surface area contributed by atoms with Gasteiger partial charge in [0.25, 0.3) is 5.91 Å². The first kappa shape index (κ1) is 26.7. The van der Waals surface area contributed by atoms with Crippen LogP contribution in [0.15, 0.2) is 65.6 Å². The Morgan fingerprint density at radius 2 is 1.78 bits per heavy atom. The summed E-state index contributed by atoms with van der Waals surface area (Å²) in [6, 6.07) is 11.8. The SMILES string of the molecule is Cc1ccc([C@H]2c3cc4cccnc4c(O)c3C(O)=C3C(=O)[C@]4(O)C(O)=C(C(N)=O)C(=O)[C@@H](N(C)C)[C@@H]4C[C@@H]32)cc1. The molecule has 1 fully saturated rings. The van der Waals surface area contributed by atoms with E-state index in [0.717, 1.165) is 11.1 Å². The first-order valence-electron chi connectivity index (χ1n) is 13.2. The van der Waals surface area contributed by atoms with Gasteiger partial charge in [0, 0.05) is 34.9 Å². The number of hydrogen-bond donors (Lipinski definition) is 5. The minimum absolute atomic E-state index is 0.00179. The normalized spacial score (nSPS) is 27.6. The summed E-state index contributed by atoms with van der Waals surface area (Å²) in [4.78, 5) is 45.8. The van der Waals surface area contributed by atoms with Crippen molar-refractivity contribution in [2.45, 2.75) is 30.9 Å². The van der Waals surface area contributed by atoms with Crippen molar-refractivity contribution in [2.24, 2.45) is 17.6 Å². The Labute approximate surface area is 235 Å². The Hall–Kier alpha value is -4.54. The third-order valence-electron chi connectivity index (χ3n) is 8.87. The number of aromatic nitrogens is 1. The van der Waals surface area contributed by atoms with Crippen LogP contribution in [0.25, 0.3) is 16.7 Å². The fourth-order valence-corrected chi connectivity index (χ4v) is 7.06. The second-order valence-corrected chi connectivity index (χ2v) is 11.3. The molecule has 5 atom stereocenters. The predicted octanol–water partition coefficient (Wildman–Crippen LogP) is 2.41. The van der Waals surface area contributed by atoms with Crippen molar-refractivity contribution in [3.8, 4) is 5.75 Å². The molecule has 10 heteroatoms. The van der Waals surface area contributed by atoms with Crippen molar-refractivity contribution < 1.29 is 34.8 Å². The number of carbonyl (C=O) groups is 3. The molecule has 41 heavy (non-hydrogen) atoms. The Morgan fingerprint density at radius 3 is 2.41 bits per heavy atom. The third kappa shape index (κ3) is 3.50. The van der Waals surface area contributed by atoms with Crippen molar-refractivity contribution in [2.75, 3.05) is 14.1 Å². The molecule has 3 aromatic rings. The molecular formula is C31H29N3O7. The lowest BCUT2D eigenvalue weighted by Gasteiger charge is -2.51. The van der Waals surface area contributed by atoms with E-state index >= 15 is 0 Å². The number of fused-ring (bicyclic) bond motifs is 4. The molecule has 210 valence electrons. The van der Waals surface area contributed by atoms with E-state index in [9.17, 15) is 34.8 Å². The number of benzene rings is 2. The molecule has 0 unspecified atom stereocenters. The van der Waals surface area contributed by atoms with Gasteiger partial charge in [-0.1, -0.05) is 35.9 Å². The molecule has 1 saturated carbocycles. The highest BCUT2D eigenvalue weighted by Crippen LogP contribution is 2.58. The summed E-state index contributed by atoms with van der Waals surface area (Å²) in [5.41, 5.74) is 4.20. The van der Waals surface area contributed by atoms with Crippen LogP contribution in [0, 0.1) is 18.8 Å². The molecule has 3 aliphatic carbocycles. The summed E-state index contributed by atoms with van der Waals surface area (Å²) in [6.07, 6.45) is 1.48. The van der Waals surface area contributed by atoms with Gasteiger partial charge in [0.05, 0.1) is 11.6 Å². The van der Waals surface area contributed by atoms with Crippen molar-refractivity contribution in [1.29, 1.82) is 0 Å². The molecule has 0 saturated heterocycles. The standard InChI is InChI=1S/C31H29N3O7/c1-13-6-8-14(9-7-13)19-16-11-15-5-4-10-33-23(15)26(36)20(16)25(35)21-17(19)12-18-24(34(2)3)27(37)22(30(32)40)29(39)31(18,41)28(21)38/h4-11,17-19,24,35-36,39,41H,12H2,1-3H3,(H2,32,40)/t17-,18+,19+,24+,31+/m1/s1. The molecule has 2 aromatic carbocycles. The maximum absolute atomic E-state index is 14.4. The number of carbonyl (C=O) groups excluding carboxylic acids is 3. The van der Waals surface area contributed by atoms with Crippen molar-refractivity contribution in [3.05, 3.63) is 87.8 Å². The average molecular weight is 556 g/mol. The van der Waals surface area contributed by atoms with Gasteiger partial charge in [0.2, 0.25) is 5.78 Å². The Morgan fingerprint density at radius 1 is 1.10 bits per heavy atom. The summed E-state index contributed by atoms with van der Waals surface area (Å²) >= 11 is 0. The van der Waals surface area contributed by atoms with Crippen LogP contribution in [-0.2, 0) is 14.4 Å². The molecule has 3 aliphatic rings. The number of amides is 1. The van der Waals surface area contributed by atoms with Gasteiger partial charge < -0.3 is 26.2 Å². The fraction of sp³-hybridized carbons (Fsp3) is 0.290. The van der Waals surface area contributed by atoms with E-state index in [2.05, 4.69) is 4.98 Å². The van der Waals surface area contributed by atoms with E-state index in [0.29, 0.717) is 10.9 Å². The lowest BCUT2D eigenvalue weighted by atomic mass is 9.54. The zero-order chi connectivity index (χ0) is 29.5. The number of rotatable bonds is 3. The molecule has 6 N–H and O–H groups in total. The van der Waals surface area contributed by atoms with Crippen LogP contribution in [0.2, 0.25) is 0 Å². The number of hydrogen-bond acceptors (Lipinski definition) is 9. The van der Waals surface area contributed by atoms with Gasteiger partial charge in [-0.25, -0.2) is 0 Å². The summed E-state index contributed by atoms with van der Waals surface area (Å²) in [5, 5.41) is 46.7. The number of nitrogens with two attached hydrogens (primary N) is 1. The van der Waals surface area contributed by atoms with Gasteiger partial charge in [-0.15, -0.1) is 0 Å². The maximum atomic E-state index is 14.4. The average Bonchev–Trinajstić information content (AvgIpc) is 2.91. The highest BCUT2D eigenvalue weighted by molar-refractivity contribution is 6.24. The van der Waals surface area contributed by atoms with Crippen LogP contribution in [0.1, 0.15) is 34.6 Å². The van der Waals surface area contributed by atoms with E-state index in [1.54, 1.807) is 26.2 Å². The van der Waals surface area contributed by atoms with Gasteiger partial charge >= 0.3 is 0 Å². The molecule has 6 rings (SSSR count). The largest absolute Gasteiger partial charge is 0.508 e. The second-order valence-electron chi connectivity index (χ2n) is 11.3. The number of aliphatic hydroxyl groups excluding tert-OH is 2. The van der Waals surface area contributed by atoms with Crippen LogP contribution >= 0.6 is 0 Å².